The molecule has 112 valence electrons. The summed E-state index contributed by atoms with van der Waals surface area (Å²) in [5.41, 5.74) is 1.55. The highest BCUT2D eigenvalue weighted by Gasteiger charge is 2.20. The highest BCUT2D eigenvalue weighted by molar-refractivity contribution is 7.92. The van der Waals surface area contributed by atoms with E-state index in [1.807, 2.05) is 6.07 Å². The van der Waals surface area contributed by atoms with E-state index in [9.17, 15) is 13.5 Å². The molecular formula is C14H13Cl2NO3S. The molecule has 0 unspecified atom stereocenters. The number of sulfonamides is 1. The molecule has 2 aromatic carbocycles. The average Bonchev–Trinajstić information content (AvgIpc) is 2.41. The van der Waals surface area contributed by atoms with E-state index in [0.29, 0.717) is 11.3 Å². The number of nitrogens with one attached hydrogen (secondary N) is 1. The highest BCUT2D eigenvalue weighted by Crippen LogP contribution is 2.30. The van der Waals surface area contributed by atoms with E-state index < -0.39 is 10.0 Å². The van der Waals surface area contributed by atoms with Crippen molar-refractivity contribution in [3.8, 4) is 0 Å². The van der Waals surface area contributed by atoms with Crippen LogP contribution in [0.5, 0.6) is 0 Å². The second kappa shape index (κ2) is 6.23. The molecule has 4 nitrogen and oxygen atoms in total. The van der Waals surface area contributed by atoms with Crippen LogP contribution in [0, 0.1) is 6.92 Å². The van der Waals surface area contributed by atoms with Gasteiger partial charge in [0.05, 0.1) is 17.3 Å². The summed E-state index contributed by atoms with van der Waals surface area (Å²) in [6, 6.07) is 9.57. The smallest absolute Gasteiger partial charge is 0.263 e. The number of aryl methyl sites for hydroxylation is 1. The third-order valence-electron chi connectivity index (χ3n) is 2.95. The van der Waals surface area contributed by atoms with Crippen molar-refractivity contribution in [3.63, 3.8) is 0 Å². The van der Waals surface area contributed by atoms with Crippen LogP contribution in [0.4, 0.5) is 5.69 Å². The molecule has 0 aliphatic heterocycles. The Labute approximate surface area is 133 Å². The Balaban J connectivity index is 2.47. The molecule has 0 heterocycles. The second-order valence-corrected chi connectivity index (χ2v) is 6.92. The minimum absolute atomic E-state index is 0.00159. The molecule has 0 spiro atoms. The van der Waals surface area contributed by atoms with Crippen molar-refractivity contribution in [3.05, 3.63) is 57.6 Å². The van der Waals surface area contributed by atoms with Gasteiger partial charge in [-0.2, -0.15) is 0 Å². The Morgan fingerprint density at radius 1 is 1.14 bits per heavy atom. The summed E-state index contributed by atoms with van der Waals surface area (Å²) in [7, 11) is -3.87. The van der Waals surface area contributed by atoms with Crippen molar-refractivity contribution in [2.75, 3.05) is 4.72 Å². The zero-order valence-electron chi connectivity index (χ0n) is 11.1. The Morgan fingerprint density at radius 3 is 2.43 bits per heavy atom. The Kier molecular flexibility index (Phi) is 4.78. The van der Waals surface area contributed by atoms with Crippen LogP contribution >= 0.6 is 23.2 Å². The van der Waals surface area contributed by atoms with Crippen LogP contribution in [0.2, 0.25) is 10.0 Å². The number of aliphatic hydroxyl groups is 1. The quantitative estimate of drug-likeness (QED) is 0.889. The summed E-state index contributed by atoms with van der Waals surface area (Å²) in [5.74, 6) is 0. The van der Waals surface area contributed by atoms with E-state index in [1.54, 1.807) is 25.1 Å². The lowest BCUT2D eigenvalue weighted by molar-refractivity contribution is 0.281. The minimum atomic E-state index is -3.87. The number of halogens is 2. The van der Waals surface area contributed by atoms with Gasteiger partial charge in [-0.05, 0) is 36.2 Å². The van der Waals surface area contributed by atoms with Crippen LogP contribution in [0.3, 0.4) is 0 Å². The van der Waals surface area contributed by atoms with Crippen LogP contribution in [-0.2, 0) is 16.6 Å². The lowest BCUT2D eigenvalue weighted by Gasteiger charge is -2.13. The average molecular weight is 346 g/mol. The second-order valence-electron chi connectivity index (χ2n) is 4.45. The van der Waals surface area contributed by atoms with Gasteiger partial charge in [0.15, 0.2) is 0 Å². The molecule has 0 aliphatic carbocycles. The van der Waals surface area contributed by atoms with Gasteiger partial charge in [0.1, 0.15) is 4.90 Å². The fourth-order valence-electron chi connectivity index (χ4n) is 1.79. The predicted octanol–water partition coefficient (Wildman–Crippen LogP) is 3.59. The first-order valence-corrected chi connectivity index (χ1v) is 8.26. The summed E-state index contributed by atoms with van der Waals surface area (Å²) >= 11 is 11.8. The largest absolute Gasteiger partial charge is 0.392 e. The van der Waals surface area contributed by atoms with Crippen LogP contribution in [0.1, 0.15) is 11.1 Å². The fraction of sp³-hybridized carbons (Fsp3) is 0.143. The van der Waals surface area contributed by atoms with E-state index in [4.69, 9.17) is 23.2 Å². The van der Waals surface area contributed by atoms with Gasteiger partial charge >= 0.3 is 0 Å². The third-order valence-corrected chi connectivity index (χ3v) is 5.13. The monoisotopic (exact) mass is 345 g/mol. The summed E-state index contributed by atoms with van der Waals surface area (Å²) < 4.78 is 27.3. The number of anilines is 1. The zero-order chi connectivity index (χ0) is 15.6. The molecule has 0 atom stereocenters. The van der Waals surface area contributed by atoms with Crippen molar-refractivity contribution in [2.45, 2.75) is 18.4 Å². The van der Waals surface area contributed by atoms with Crippen molar-refractivity contribution < 1.29 is 13.5 Å². The number of para-hydroxylation sites is 1. The van der Waals surface area contributed by atoms with Gasteiger partial charge in [-0.15, -0.1) is 0 Å². The Bertz CT molecular complexity index is 776. The maximum Gasteiger partial charge on any atom is 0.263 e. The van der Waals surface area contributed by atoms with E-state index in [0.717, 1.165) is 5.56 Å². The number of hydrogen-bond acceptors (Lipinski definition) is 3. The van der Waals surface area contributed by atoms with Gasteiger partial charge in [0, 0.05) is 5.02 Å². The number of benzene rings is 2. The van der Waals surface area contributed by atoms with E-state index in [1.165, 1.54) is 12.1 Å². The summed E-state index contributed by atoms with van der Waals surface area (Å²) in [4.78, 5) is -0.124. The molecule has 0 aromatic heterocycles. The topological polar surface area (TPSA) is 66.4 Å². The zero-order valence-corrected chi connectivity index (χ0v) is 13.4. The van der Waals surface area contributed by atoms with Crippen LogP contribution < -0.4 is 4.72 Å². The van der Waals surface area contributed by atoms with E-state index >= 15 is 0 Å². The van der Waals surface area contributed by atoms with Crippen molar-refractivity contribution >= 4 is 38.9 Å². The molecule has 2 rings (SSSR count). The van der Waals surface area contributed by atoms with E-state index in [2.05, 4.69) is 4.72 Å². The van der Waals surface area contributed by atoms with Gasteiger partial charge in [-0.25, -0.2) is 8.42 Å². The van der Waals surface area contributed by atoms with Gasteiger partial charge in [-0.3, -0.25) is 4.72 Å². The molecule has 0 saturated heterocycles. The molecule has 0 fully saturated rings. The van der Waals surface area contributed by atoms with E-state index in [-0.39, 0.29) is 21.5 Å². The minimum Gasteiger partial charge on any atom is -0.392 e. The lowest BCUT2D eigenvalue weighted by atomic mass is 10.2. The van der Waals surface area contributed by atoms with Crippen LogP contribution in [0.25, 0.3) is 0 Å². The normalized spacial score (nSPS) is 11.4. The van der Waals surface area contributed by atoms with Crippen LogP contribution in [0.15, 0.2) is 41.3 Å². The van der Waals surface area contributed by atoms with Crippen molar-refractivity contribution in [1.82, 2.24) is 0 Å². The van der Waals surface area contributed by atoms with Gasteiger partial charge in [0.2, 0.25) is 0 Å². The fourth-order valence-corrected chi connectivity index (χ4v) is 3.77. The molecule has 0 saturated carbocycles. The SMILES string of the molecule is Cc1ccccc1NS(=O)(=O)c1cc(CO)c(Cl)cc1Cl. The number of rotatable bonds is 4. The molecule has 0 aliphatic rings. The predicted molar refractivity (Wildman–Crippen MR) is 84.4 cm³/mol. The third kappa shape index (κ3) is 3.49. The van der Waals surface area contributed by atoms with Crippen LogP contribution in [-0.4, -0.2) is 13.5 Å². The molecule has 2 aromatic rings. The summed E-state index contributed by atoms with van der Waals surface area (Å²) in [5, 5.41) is 9.41. The highest BCUT2D eigenvalue weighted by atomic mass is 35.5. The summed E-state index contributed by atoms with van der Waals surface area (Å²) in [6.07, 6.45) is 0. The molecule has 21 heavy (non-hydrogen) atoms. The van der Waals surface area contributed by atoms with Gasteiger partial charge in [0.25, 0.3) is 10.0 Å². The Morgan fingerprint density at radius 2 is 1.81 bits per heavy atom. The number of hydrogen-bond donors (Lipinski definition) is 2. The Hall–Kier alpha value is -1.27. The first-order valence-electron chi connectivity index (χ1n) is 6.02. The number of aliphatic hydroxyl groups excluding tert-OH is 1. The summed E-state index contributed by atoms with van der Waals surface area (Å²) in [6.45, 7) is 1.42. The molecule has 7 heteroatoms. The standard InChI is InChI=1S/C14H13Cl2NO3S/c1-9-4-2-3-5-13(9)17-21(19,20)14-6-10(8-18)11(15)7-12(14)16/h2-7,17-18H,8H2,1H3. The molecule has 0 bridgehead atoms. The maximum absolute atomic E-state index is 12.4. The molecule has 2 N–H and O–H groups in total. The van der Waals surface area contributed by atoms with Gasteiger partial charge < -0.3 is 5.11 Å². The molecular weight excluding hydrogens is 333 g/mol. The molecule has 0 radical (unpaired) electrons. The molecule has 0 amide bonds. The lowest BCUT2D eigenvalue weighted by Crippen LogP contribution is -2.14. The first kappa shape index (κ1) is 16.1. The maximum atomic E-state index is 12.4. The van der Waals surface area contributed by atoms with Gasteiger partial charge in [-0.1, -0.05) is 41.4 Å². The van der Waals surface area contributed by atoms with Crippen molar-refractivity contribution in [1.29, 1.82) is 0 Å². The first-order chi connectivity index (χ1) is 9.85. The van der Waals surface area contributed by atoms with Crippen molar-refractivity contribution in [2.24, 2.45) is 0 Å².